The summed E-state index contributed by atoms with van der Waals surface area (Å²) >= 11 is 4.75. The predicted octanol–water partition coefficient (Wildman–Crippen LogP) is 2.92. The van der Waals surface area contributed by atoms with E-state index in [1.807, 2.05) is 11.0 Å². The van der Waals surface area contributed by atoms with Crippen molar-refractivity contribution in [1.82, 2.24) is 15.3 Å². The molecule has 0 unspecified atom stereocenters. The summed E-state index contributed by atoms with van der Waals surface area (Å²) in [6.45, 7) is 1.22. The molecule has 34 heavy (non-hydrogen) atoms. The Morgan fingerprint density at radius 1 is 1.26 bits per heavy atom. The van der Waals surface area contributed by atoms with Gasteiger partial charge in [-0.3, -0.25) is 9.59 Å². The molecule has 9 nitrogen and oxygen atoms in total. The molecule has 0 radical (unpaired) electrons. The van der Waals surface area contributed by atoms with Gasteiger partial charge in [0.1, 0.15) is 17.3 Å². The predicted molar refractivity (Wildman–Crippen MR) is 119 cm³/mol. The molecule has 4 N–H and O–H groups in total. The highest BCUT2D eigenvalue weighted by atomic mass is 35.5. The average molecular weight is 490 g/mol. The van der Waals surface area contributed by atoms with Crippen LogP contribution in [0.2, 0.25) is 0 Å². The van der Waals surface area contributed by atoms with E-state index < -0.39 is 17.6 Å². The summed E-state index contributed by atoms with van der Waals surface area (Å²) in [5.41, 5.74) is -0.732. The number of aromatic amines is 1. The van der Waals surface area contributed by atoms with Crippen molar-refractivity contribution in [3.63, 3.8) is 0 Å². The number of amides is 2. The van der Waals surface area contributed by atoms with Gasteiger partial charge in [0.25, 0.3) is 11.8 Å². The lowest BCUT2D eigenvalue weighted by Crippen LogP contribution is -2.51. The number of benzene rings is 1. The number of hydrogen-bond donors (Lipinski definition) is 4. The normalized spacial score (nSPS) is 15.5. The topological polar surface area (TPSA) is 120 Å². The summed E-state index contributed by atoms with van der Waals surface area (Å²) in [5.74, 6) is -0.266. The van der Waals surface area contributed by atoms with Crippen molar-refractivity contribution in [1.29, 1.82) is 0 Å². The third-order valence-electron chi connectivity index (χ3n) is 5.49. The Bertz CT molecular complexity index is 1270. The molecule has 3 aromatic rings. The molecule has 4 heterocycles. The van der Waals surface area contributed by atoms with Gasteiger partial charge in [0.2, 0.25) is 0 Å². The molecule has 0 saturated carbocycles. The molecule has 12 heteroatoms. The summed E-state index contributed by atoms with van der Waals surface area (Å²) in [7, 11) is 0. The van der Waals surface area contributed by atoms with Crippen LogP contribution in [0.25, 0.3) is 11.3 Å². The van der Waals surface area contributed by atoms with Crippen molar-refractivity contribution in [2.24, 2.45) is 0 Å². The number of rotatable bonds is 6. The van der Waals surface area contributed by atoms with E-state index in [4.69, 9.17) is 11.6 Å². The number of fused-ring (bicyclic) bond motifs is 1. The molecule has 0 atom stereocenters. The van der Waals surface area contributed by atoms with E-state index in [1.165, 1.54) is 30.5 Å². The second-order valence-corrected chi connectivity index (χ2v) is 8.39. The fourth-order valence-electron chi connectivity index (χ4n) is 3.85. The molecule has 1 saturated heterocycles. The van der Waals surface area contributed by atoms with Gasteiger partial charge in [-0.15, -0.1) is 8.78 Å². The maximum atomic E-state index is 12.9. The summed E-state index contributed by atoms with van der Waals surface area (Å²) in [6.07, 6.45) is 0.955. The minimum absolute atomic E-state index is 0.160. The highest BCUT2D eigenvalue weighted by Crippen LogP contribution is 2.34. The van der Waals surface area contributed by atoms with Crippen LogP contribution >= 0.6 is 11.6 Å². The Hall–Kier alpha value is -3.70. The number of alkyl halides is 3. The first-order valence-electron chi connectivity index (χ1n) is 10.3. The number of anilines is 2. The first-order valence-corrected chi connectivity index (χ1v) is 10.6. The highest BCUT2D eigenvalue weighted by Gasteiger charge is 2.30. The van der Waals surface area contributed by atoms with Crippen molar-refractivity contribution < 1.29 is 28.2 Å². The molecule has 0 spiro atoms. The van der Waals surface area contributed by atoms with E-state index in [0.717, 1.165) is 5.56 Å². The quantitative estimate of drug-likeness (QED) is 0.395. The molecule has 2 amide bonds. The molecular formula is C22H18ClF2N5O4. The van der Waals surface area contributed by atoms with Crippen LogP contribution in [0.5, 0.6) is 5.75 Å². The fourth-order valence-corrected chi connectivity index (χ4v) is 3.94. The summed E-state index contributed by atoms with van der Waals surface area (Å²) in [4.78, 5) is 34.3. The smallest absolute Gasteiger partial charge is 0.420 e. The van der Waals surface area contributed by atoms with Crippen LogP contribution in [-0.2, 0) is 6.54 Å². The Morgan fingerprint density at radius 3 is 2.65 bits per heavy atom. The maximum Gasteiger partial charge on any atom is 0.487 e. The Kier molecular flexibility index (Phi) is 5.37. The minimum atomic E-state index is -3.83. The average Bonchev–Trinajstić information content (AvgIpc) is 3.33. The minimum Gasteiger partial charge on any atom is -0.420 e. The number of pyridine rings is 1. The van der Waals surface area contributed by atoms with Gasteiger partial charge in [-0.25, -0.2) is 4.98 Å². The first kappa shape index (κ1) is 22.1. The van der Waals surface area contributed by atoms with Crippen molar-refractivity contribution in [2.45, 2.75) is 18.2 Å². The number of aliphatic hydroxyl groups is 1. The van der Waals surface area contributed by atoms with Gasteiger partial charge in [-0.1, -0.05) is 0 Å². The number of aliphatic hydroxyl groups excluding tert-OH is 1. The lowest BCUT2D eigenvalue weighted by atomic mass is 10.1. The molecule has 1 aromatic carbocycles. The largest absolute Gasteiger partial charge is 0.487 e. The molecular weight excluding hydrogens is 472 g/mol. The van der Waals surface area contributed by atoms with Crippen molar-refractivity contribution >= 4 is 34.9 Å². The number of hydrogen-bond acceptors (Lipinski definition) is 6. The van der Waals surface area contributed by atoms with Crippen LogP contribution in [0.3, 0.4) is 0 Å². The molecule has 2 aromatic heterocycles. The lowest BCUT2D eigenvalue weighted by molar-refractivity contribution is -0.0964. The van der Waals surface area contributed by atoms with E-state index in [2.05, 4.69) is 25.3 Å². The highest BCUT2D eigenvalue weighted by molar-refractivity contribution is 6.20. The van der Waals surface area contributed by atoms with Gasteiger partial charge >= 0.3 is 5.57 Å². The van der Waals surface area contributed by atoms with E-state index >= 15 is 0 Å². The van der Waals surface area contributed by atoms with Gasteiger partial charge in [0, 0.05) is 54.2 Å². The molecule has 2 aliphatic rings. The molecule has 176 valence electrons. The van der Waals surface area contributed by atoms with Crippen LogP contribution in [-0.4, -0.2) is 51.7 Å². The summed E-state index contributed by atoms with van der Waals surface area (Å²) in [6, 6.07) is 8.77. The number of β-amino-alcohol motifs (C(OH)–C–C–N with tert-alkyl or cyclic N) is 1. The number of H-pyrrole nitrogens is 1. The van der Waals surface area contributed by atoms with Crippen LogP contribution in [0.1, 0.15) is 26.4 Å². The zero-order valence-corrected chi connectivity index (χ0v) is 18.2. The van der Waals surface area contributed by atoms with Crippen LogP contribution in [0.4, 0.5) is 20.3 Å². The first-order chi connectivity index (χ1) is 16.2. The van der Waals surface area contributed by atoms with E-state index in [1.54, 1.807) is 6.07 Å². The van der Waals surface area contributed by atoms with Crippen LogP contribution < -0.4 is 20.3 Å². The van der Waals surface area contributed by atoms with Crippen molar-refractivity contribution in [3.05, 3.63) is 59.4 Å². The zero-order valence-electron chi connectivity index (χ0n) is 17.4. The van der Waals surface area contributed by atoms with Crippen LogP contribution in [0, 0.1) is 0 Å². The second kappa shape index (κ2) is 8.26. The van der Waals surface area contributed by atoms with Crippen molar-refractivity contribution in [2.75, 3.05) is 23.3 Å². The molecule has 1 fully saturated rings. The number of ether oxygens (including phenoxy) is 1. The van der Waals surface area contributed by atoms with Crippen LogP contribution in [0.15, 0.2) is 42.6 Å². The lowest BCUT2D eigenvalue weighted by Gasteiger charge is -2.37. The van der Waals surface area contributed by atoms with Crippen molar-refractivity contribution in [3.8, 4) is 17.0 Å². The van der Waals surface area contributed by atoms with Gasteiger partial charge < -0.3 is 30.4 Å². The monoisotopic (exact) mass is 489 g/mol. The number of aromatic nitrogens is 2. The summed E-state index contributed by atoms with van der Waals surface area (Å²) < 4.78 is 29.8. The Morgan fingerprint density at radius 2 is 2.00 bits per heavy atom. The fraction of sp³-hybridized carbons (Fsp3) is 0.227. The third kappa shape index (κ3) is 4.39. The van der Waals surface area contributed by atoms with Gasteiger partial charge in [-0.2, -0.15) is 0 Å². The number of nitrogens with one attached hydrogen (secondary N) is 3. The molecule has 0 aliphatic carbocycles. The number of halogens is 3. The van der Waals surface area contributed by atoms with E-state index in [-0.39, 0.29) is 17.2 Å². The maximum absolute atomic E-state index is 12.9. The molecule has 0 bridgehead atoms. The third-order valence-corrected chi connectivity index (χ3v) is 5.57. The number of carbonyl (C=O) groups is 2. The Labute approximate surface area is 196 Å². The number of nitrogens with zero attached hydrogens (tertiary/aromatic N) is 2. The van der Waals surface area contributed by atoms with Gasteiger partial charge in [0.15, 0.2) is 0 Å². The Balaban J connectivity index is 1.41. The molecule has 5 rings (SSSR count). The SMILES string of the molecule is O=C(Nc1ccc(OC(F)(F)Cl)cc1)c1cnc(N2CC(O)C2)c(-c2cc3c([nH]2)C(=O)NC3)c1. The van der Waals surface area contributed by atoms with E-state index in [0.29, 0.717) is 48.1 Å². The second-order valence-electron chi connectivity index (χ2n) is 7.95. The number of carbonyl (C=O) groups excluding carboxylic acids is 2. The standard InChI is InChI=1S/C22H18ClF2N5O4/c23-22(24,25)34-15-3-1-13(2-4-15)28-20(32)12-5-16(19(26-8-12)30-9-14(31)10-30)17-6-11-7-27-21(33)18(11)29-17/h1-6,8,14,29,31H,7,9-10H2,(H,27,33)(H,28,32). The summed E-state index contributed by atoms with van der Waals surface area (Å²) in [5, 5.41) is 15.1. The van der Waals surface area contributed by atoms with Gasteiger partial charge in [0.05, 0.1) is 17.4 Å². The zero-order chi connectivity index (χ0) is 24.0. The molecule has 2 aliphatic heterocycles. The van der Waals surface area contributed by atoms with E-state index in [9.17, 15) is 23.5 Å². The van der Waals surface area contributed by atoms with Gasteiger partial charge in [-0.05, 0) is 36.4 Å².